The number of aldehydes is 1. The third-order valence-electron chi connectivity index (χ3n) is 3.00. The first-order valence-corrected chi connectivity index (χ1v) is 6.47. The zero-order chi connectivity index (χ0) is 14.5. The summed E-state index contributed by atoms with van der Waals surface area (Å²) >= 11 is 6.17. The van der Waals surface area contributed by atoms with Crippen molar-refractivity contribution >= 4 is 23.6 Å². The van der Waals surface area contributed by atoms with Gasteiger partial charge in [-0.25, -0.2) is 0 Å². The fraction of sp³-hybridized carbons (Fsp3) is 0.125. The summed E-state index contributed by atoms with van der Waals surface area (Å²) in [5.41, 5.74) is 2.86. The van der Waals surface area contributed by atoms with Gasteiger partial charge in [-0.05, 0) is 29.8 Å². The molecule has 3 nitrogen and oxygen atoms in total. The quantitative estimate of drug-likeness (QED) is 0.805. The summed E-state index contributed by atoms with van der Waals surface area (Å²) in [4.78, 5) is 13.0. The van der Waals surface area contributed by atoms with Gasteiger partial charge in [-0.1, -0.05) is 29.8 Å². The lowest BCUT2D eigenvalue weighted by molar-refractivity contribution is 0.112. The molecule has 2 rings (SSSR count). The van der Waals surface area contributed by atoms with Crippen LogP contribution in [0.3, 0.4) is 0 Å². The largest absolute Gasteiger partial charge is 0.368 e. The van der Waals surface area contributed by atoms with Gasteiger partial charge in [0.05, 0.1) is 22.3 Å². The lowest BCUT2D eigenvalue weighted by atomic mass is 10.1. The molecule has 0 N–H and O–H groups in total. The lowest BCUT2D eigenvalue weighted by Crippen LogP contribution is -2.18. The van der Waals surface area contributed by atoms with Crippen LogP contribution in [-0.4, -0.2) is 13.3 Å². The van der Waals surface area contributed by atoms with Gasteiger partial charge in [-0.3, -0.25) is 4.79 Å². The molecule has 0 unspecified atom stereocenters. The van der Waals surface area contributed by atoms with Crippen molar-refractivity contribution in [2.45, 2.75) is 6.54 Å². The van der Waals surface area contributed by atoms with Gasteiger partial charge in [0, 0.05) is 19.2 Å². The highest BCUT2D eigenvalue weighted by molar-refractivity contribution is 6.33. The number of carbonyl (C=O) groups is 1. The maximum absolute atomic E-state index is 11.1. The SMILES string of the molecule is CN(Cc1cccc(C#N)c1)c1c(Cl)cccc1C=O. The molecule has 0 spiro atoms. The van der Waals surface area contributed by atoms with E-state index in [0.717, 1.165) is 11.8 Å². The minimum absolute atomic E-state index is 0.536. The van der Waals surface area contributed by atoms with Crippen LogP contribution < -0.4 is 4.90 Å². The molecule has 0 aliphatic heterocycles. The van der Waals surface area contributed by atoms with E-state index in [1.54, 1.807) is 24.3 Å². The third-order valence-corrected chi connectivity index (χ3v) is 3.31. The van der Waals surface area contributed by atoms with E-state index in [1.807, 2.05) is 30.1 Å². The highest BCUT2D eigenvalue weighted by Gasteiger charge is 2.11. The molecule has 20 heavy (non-hydrogen) atoms. The van der Waals surface area contributed by atoms with Crippen molar-refractivity contribution in [3.8, 4) is 6.07 Å². The van der Waals surface area contributed by atoms with Crippen LogP contribution in [0, 0.1) is 11.3 Å². The van der Waals surface area contributed by atoms with Gasteiger partial charge < -0.3 is 4.90 Å². The normalized spacial score (nSPS) is 9.85. The molecule has 0 heterocycles. The second-order valence-electron chi connectivity index (χ2n) is 4.46. The first-order valence-electron chi connectivity index (χ1n) is 6.09. The van der Waals surface area contributed by atoms with Gasteiger partial charge in [0.25, 0.3) is 0 Å². The maximum atomic E-state index is 11.1. The monoisotopic (exact) mass is 284 g/mol. The maximum Gasteiger partial charge on any atom is 0.152 e. The molecule has 0 fully saturated rings. The Kier molecular flexibility index (Phi) is 4.39. The van der Waals surface area contributed by atoms with Crippen molar-refractivity contribution in [1.82, 2.24) is 0 Å². The summed E-state index contributed by atoms with van der Waals surface area (Å²) in [5, 5.41) is 9.44. The Morgan fingerprint density at radius 1 is 1.30 bits per heavy atom. The molecule has 4 heteroatoms. The molecular weight excluding hydrogens is 272 g/mol. The van der Waals surface area contributed by atoms with E-state index in [1.165, 1.54) is 0 Å². The van der Waals surface area contributed by atoms with E-state index in [2.05, 4.69) is 6.07 Å². The van der Waals surface area contributed by atoms with Gasteiger partial charge in [0.1, 0.15) is 0 Å². The summed E-state index contributed by atoms with van der Waals surface area (Å²) in [6.45, 7) is 0.570. The van der Waals surface area contributed by atoms with Crippen LogP contribution in [-0.2, 0) is 6.54 Å². The van der Waals surface area contributed by atoms with E-state index in [-0.39, 0.29) is 0 Å². The number of anilines is 1. The molecule has 0 atom stereocenters. The Bertz CT molecular complexity index is 676. The molecule has 100 valence electrons. The van der Waals surface area contributed by atoms with Crippen LogP contribution in [0.25, 0.3) is 0 Å². The molecule has 0 bridgehead atoms. The fourth-order valence-corrected chi connectivity index (χ4v) is 2.45. The Morgan fingerprint density at radius 2 is 2.05 bits per heavy atom. The molecule has 0 saturated heterocycles. The van der Waals surface area contributed by atoms with Crippen molar-refractivity contribution in [3.05, 3.63) is 64.2 Å². The number of hydrogen-bond donors (Lipinski definition) is 0. The van der Waals surface area contributed by atoms with E-state index in [0.29, 0.717) is 28.4 Å². The standard InChI is InChI=1S/C16H13ClN2O/c1-19(10-13-5-2-4-12(8-13)9-18)16-14(11-20)6-3-7-15(16)17/h2-8,11H,10H2,1H3. The van der Waals surface area contributed by atoms with E-state index in [4.69, 9.17) is 16.9 Å². The third kappa shape index (κ3) is 2.98. The molecular formula is C16H13ClN2O. The summed E-state index contributed by atoms with van der Waals surface area (Å²) < 4.78 is 0. The zero-order valence-electron chi connectivity index (χ0n) is 11.0. The Balaban J connectivity index is 2.30. The minimum atomic E-state index is 0.536. The summed E-state index contributed by atoms with van der Waals surface area (Å²) in [6, 6.07) is 14.7. The predicted octanol–water partition coefficient (Wildman–Crippen LogP) is 3.66. The second kappa shape index (κ2) is 6.23. The topological polar surface area (TPSA) is 44.1 Å². The Hall–Kier alpha value is -2.31. The van der Waals surface area contributed by atoms with Crippen molar-refractivity contribution in [2.24, 2.45) is 0 Å². The highest BCUT2D eigenvalue weighted by Crippen LogP contribution is 2.29. The van der Waals surface area contributed by atoms with Crippen LogP contribution in [0.15, 0.2) is 42.5 Å². The first-order chi connectivity index (χ1) is 9.65. The lowest BCUT2D eigenvalue weighted by Gasteiger charge is -2.22. The number of rotatable bonds is 4. The average Bonchev–Trinajstić information content (AvgIpc) is 2.46. The predicted molar refractivity (Wildman–Crippen MR) is 80.1 cm³/mol. The smallest absolute Gasteiger partial charge is 0.152 e. The van der Waals surface area contributed by atoms with Crippen LogP contribution in [0.1, 0.15) is 21.5 Å². The molecule has 2 aromatic carbocycles. The van der Waals surface area contributed by atoms with Gasteiger partial charge in [0.2, 0.25) is 0 Å². The number of hydrogen-bond acceptors (Lipinski definition) is 3. The van der Waals surface area contributed by atoms with Crippen LogP contribution >= 0.6 is 11.6 Å². The Labute approximate surface area is 123 Å². The van der Waals surface area contributed by atoms with Crippen molar-refractivity contribution in [1.29, 1.82) is 5.26 Å². The van der Waals surface area contributed by atoms with Gasteiger partial charge in [-0.2, -0.15) is 5.26 Å². The first kappa shape index (κ1) is 14.1. The average molecular weight is 285 g/mol. The summed E-state index contributed by atoms with van der Waals surface area (Å²) in [5.74, 6) is 0. The zero-order valence-corrected chi connectivity index (χ0v) is 11.8. The van der Waals surface area contributed by atoms with Crippen molar-refractivity contribution < 1.29 is 4.79 Å². The van der Waals surface area contributed by atoms with E-state index < -0.39 is 0 Å². The van der Waals surface area contributed by atoms with Gasteiger partial charge >= 0.3 is 0 Å². The van der Waals surface area contributed by atoms with Crippen LogP contribution in [0.2, 0.25) is 5.02 Å². The van der Waals surface area contributed by atoms with Crippen molar-refractivity contribution in [3.63, 3.8) is 0 Å². The molecule has 0 aromatic heterocycles. The number of carbonyl (C=O) groups excluding carboxylic acids is 1. The van der Waals surface area contributed by atoms with Gasteiger partial charge in [-0.15, -0.1) is 0 Å². The van der Waals surface area contributed by atoms with E-state index in [9.17, 15) is 4.79 Å². The highest BCUT2D eigenvalue weighted by atomic mass is 35.5. The van der Waals surface area contributed by atoms with E-state index >= 15 is 0 Å². The molecule has 0 amide bonds. The summed E-state index contributed by atoms with van der Waals surface area (Å²) in [6.07, 6.45) is 0.795. The number of benzene rings is 2. The number of halogens is 1. The minimum Gasteiger partial charge on any atom is -0.368 e. The van der Waals surface area contributed by atoms with Crippen LogP contribution in [0.5, 0.6) is 0 Å². The van der Waals surface area contributed by atoms with Gasteiger partial charge in [0.15, 0.2) is 6.29 Å². The fourth-order valence-electron chi connectivity index (χ4n) is 2.12. The molecule has 0 saturated carbocycles. The molecule has 0 aliphatic rings. The second-order valence-corrected chi connectivity index (χ2v) is 4.87. The van der Waals surface area contributed by atoms with Crippen molar-refractivity contribution in [2.75, 3.05) is 11.9 Å². The number of para-hydroxylation sites is 1. The van der Waals surface area contributed by atoms with Crippen LogP contribution in [0.4, 0.5) is 5.69 Å². The number of nitrogens with zero attached hydrogens (tertiary/aromatic N) is 2. The molecule has 2 aromatic rings. The Morgan fingerprint density at radius 3 is 2.75 bits per heavy atom. The summed E-state index contributed by atoms with van der Waals surface area (Å²) in [7, 11) is 1.87. The number of nitriles is 1. The molecule has 0 aliphatic carbocycles. The molecule has 0 radical (unpaired) electrons.